The van der Waals surface area contributed by atoms with Gasteiger partial charge in [-0.05, 0) is 67.4 Å². The number of nitrogens with zero attached hydrogens (tertiary/aromatic N) is 3. The van der Waals surface area contributed by atoms with Crippen molar-refractivity contribution in [1.29, 1.82) is 0 Å². The highest BCUT2D eigenvalue weighted by Crippen LogP contribution is 2.56. The van der Waals surface area contributed by atoms with Gasteiger partial charge in [-0.15, -0.1) is 0 Å². The lowest BCUT2D eigenvalue weighted by molar-refractivity contribution is 0.301. The highest BCUT2D eigenvalue weighted by molar-refractivity contribution is 6.12. The number of hydrogen-bond donors (Lipinski definition) is 0. The minimum atomic E-state index is -0.204. The van der Waals surface area contributed by atoms with Crippen LogP contribution >= 0.6 is 0 Å². The van der Waals surface area contributed by atoms with Crippen LogP contribution in [0.15, 0.2) is 144 Å². The molecule has 4 heteroatoms. The molecule has 244 valence electrons. The smallest absolute Gasteiger partial charge is 0.164 e. The van der Waals surface area contributed by atoms with Gasteiger partial charge in [0.1, 0.15) is 11.2 Å². The van der Waals surface area contributed by atoms with Gasteiger partial charge in [-0.2, -0.15) is 0 Å². The molecule has 0 saturated carbocycles. The van der Waals surface area contributed by atoms with Crippen LogP contribution in [0.3, 0.4) is 0 Å². The van der Waals surface area contributed by atoms with E-state index in [1.807, 2.05) is 48.5 Å². The number of hydrogen-bond acceptors (Lipinski definition) is 4. The van der Waals surface area contributed by atoms with Crippen molar-refractivity contribution in [2.45, 2.75) is 38.5 Å². The Balaban J connectivity index is 1.20. The summed E-state index contributed by atoms with van der Waals surface area (Å²) in [5.74, 6) is 1.91. The average Bonchev–Trinajstić information content (AvgIpc) is 3.56. The number of aromatic nitrogens is 3. The maximum absolute atomic E-state index is 6.25. The molecule has 7 aromatic carbocycles. The minimum absolute atomic E-state index is 0.173. The lowest BCUT2D eigenvalue weighted by atomic mass is 9.54. The second-order valence-corrected chi connectivity index (χ2v) is 14.8. The van der Waals surface area contributed by atoms with Gasteiger partial charge in [-0.1, -0.05) is 149 Å². The summed E-state index contributed by atoms with van der Waals surface area (Å²) in [6.45, 7) is 9.58. The van der Waals surface area contributed by atoms with E-state index in [9.17, 15) is 0 Å². The van der Waals surface area contributed by atoms with Crippen molar-refractivity contribution in [3.05, 3.63) is 151 Å². The topological polar surface area (TPSA) is 51.8 Å². The first-order valence-corrected chi connectivity index (χ1v) is 17.6. The predicted octanol–water partition coefficient (Wildman–Crippen LogP) is 12.3. The first-order valence-electron chi connectivity index (χ1n) is 17.6. The molecule has 0 radical (unpaired) electrons. The van der Waals surface area contributed by atoms with E-state index < -0.39 is 0 Å². The molecule has 0 saturated heterocycles. The Morgan fingerprint density at radius 3 is 1.94 bits per heavy atom. The third-order valence-corrected chi connectivity index (χ3v) is 11.7. The van der Waals surface area contributed by atoms with Crippen LogP contribution in [0, 0.1) is 0 Å². The van der Waals surface area contributed by atoms with Crippen LogP contribution in [0.25, 0.3) is 88.8 Å². The zero-order valence-electron chi connectivity index (χ0n) is 29.0. The van der Waals surface area contributed by atoms with E-state index in [1.165, 1.54) is 43.8 Å². The van der Waals surface area contributed by atoms with Crippen molar-refractivity contribution in [2.24, 2.45) is 0 Å². The first kappa shape index (κ1) is 29.8. The van der Waals surface area contributed by atoms with Gasteiger partial charge < -0.3 is 4.42 Å². The Bertz CT molecular complexity index is 2860. The van der Waals surface area contributed by atoms with Crippen LogP contribution in [-0.2, 0) is 10.8 Å². The molecule has 2 aromatic heterocycles. The van der Waals surface area contributed by atoms with Gasteiger partial charge in [0.25, 0.3) is 0 Å². The molecule has 0 atom stereocenters. The number of para-hydroxylation sites is 1. The molecule has 9 aromatic rings. The number of benzene rings is 7. The molecule has 1 aliphatic carbocycles. The van der Waals surface area contributed by atoms with Crippen molar-refractivity contribution < 1.29 is 4.42 Å². The van der Waals surface area contributed by atoms with Crippen molar-refractivity contribution in [3.63, 3.8) is 0 Å². The van der Waals surface area contributed by atoms with Crippen molar-refractivity contribution >= 4 is 43.5 Å². The van der Waals surface area contributed by atoms with Crippen LogP contribution in [0.2, 0.25) is 0 Å². The molecule has 0 fully saturated rings. The number of rotatable bonds is 3. The highest BCUT2D eigenvalue weighted by Gasteiger charge is 2.47. The molecule has 0 N–H and O–H groups in total. The lowest BCUT2D eigenvalue weighted by Gasteiger charge is -2.49. The molecule has 0 spiro atoms. The predicted molar refractivity (Wildman–Crippen MR) is 210 cm³/mol. The monoisotopic (exact) mass is 657 g/mol. The fourth-order valence-electron chi connectivity index (χ4n) is 8.37. The maximum atomic E-state index is 6.25. The third-order valence-electron chi connectivity index (χ3n) is 11.7. The standard InChI is InChI=1S/C47H35N3O/c1-46(2)38-27-30(22-23-33(38)35-26-25-32-31-16-9-8-13-28(31)21-24-34(32)42(35)47(46,3)4)44-48-43(29-14-6-5-7-15-29)49-45(50-44)37-18-12-20-40-41(37)36-17-10-11-19-39(36)51-40/h5-27H,1-4H3. The zero-order valence-corrected chi connectivity index (χ0v) is 29.0. The molecule has 10 rings (SSSR count). The van der Waals surface area contributed by atoms with Crippen LogP contribution in [0.4, 0.5) is 0 Å². The summed E-state index contributed by atoms with van der Waals surface area (Å²) in [5, 5.41) is 7.26. The first-order chi connectivity index (χ1) is 24.8. The van der Waals surface area contributed by atoms with Crippen LogP contribution in [-0.4, -0.2) is 15.0 Å². The molecule has 51 heavy (non-hydrogen) atoms. The molecule has 0 aliphatic heterocycles. The van der Waals surface area contributed by atoms with E-state index in [-0.39, 0.29) is 10.8 Å². The molecular formula is C47H35N3O. The van der Waals surface area contributed by atoms with Crippen LogP contribution < -0.4 is 0 Å². The summed E-state index contributed by atoms with van der Waals surface area (Å²) < 4.78 is 6.25. The molecule has 4 nitrogen and oxygen atoms in total. The molecule has 0 unspecified atom stereocenters. The summed E-state index contributed by atoms with van der Waals surface area (Å²) in [5.41, 5.74) is 9.38. The minimum Gasteiger partial charge on any atom is -0.456 e. The molecule has 0 bridgehead atoms. The fraction of sp³-hybridized carbons (Fsp3) is 0.128. The van der Waals surface area contributed by atoms with Gasteiger partial charge in [0.05, 0.1) is 0 Å². The van der Waals surface area contributed by atoms with Gasteiger partial charge in [0, 0.05) is 32.9 Å². The molecule has 1 aliphatic rings. The van der Waals surface area contributed by atoms with Gasteiger partial charge in [0.15, 0.2) is 17.5 Å². The Labute approximate surface area is 296 Å². The van der Waals surface area contributed by atoms with E-state index in [2.05, 4.69) is 119 Å². The second kappa shape index (κ2) is 10.7. The van der Waals surface area contributed by atoms with E-state index in [1.54, 1.807) is 0 Å². The van der Waals surface area contributed by atoms with Crippen molar-refractivity contribution in [3.8, 4) is 45.3 Å². The second-order valence-electron chi connectivity index (χ2n) is 14.8. The summed E-state index contributed by atoms with van der Waals surface area (Å²) in [4.78, 5) is 15.4. The number of furan rings is 1. The Morgan fingerprint density at radius 2 is 1.10 bits per heavy atom. The Hall–Kier alpha value is -6.13. The fourth-order valence-corrected chi connectivity index (χ4v) is 8.37. The third kappa shape index (κ3) is 4.29. The van der Waals surface area contributed by atoms with E-state index in [0.29, 0.717) is 17.5 Å². The van der Waals surface area contributed by atoms with E-state index >= 15 is 0 Å². The SMILES string of the molecule is CC1(C)c2cc(-c3nc(-c4ccccc4)nc(-c4cccc5oc6ccccc6c45)n3)ccc2-c2ccc3c(ccc4ccccc43)c2C1(C)C. The highest BCUT2D eigenvalue weighted by atomic mass is 16.3. The van der Waals surface area contributed by atoms with Crippen LogP contribution in [0.5, 0.6) is 0 Å². The summed E-state index contributed by atoms with van der Waals surface area (Å²) in [7, 11) is 0. The summed E-state index contributed by atoms with van der Waals surface area (Å²) in [6.07, 6.45) is 0. The zero-order chi connectivity index (χ0) is 34.5. The van der Waals surface area contributed by atoms with Gasteiger partial charge >= 0.3 is 0 Å². The Morgan fingerprint density at radius 1 is 0.431 bits per heavy atom. The maximum Gasteiger partial charge on any atom is 0.164 e. The van der Waals surface area contributed by atoms with Gasteiger partial charge in [0.2, 0.25) is 0 Å². The van der Waals surface area contributed by atoms with Crippen LogP contribution in [0.1, 0.15) is 38.8 Å². The average molecular weight is 658 g/mol. The number of fused-ring (bicyclic) bond motifs is 10. The quantitative estimate of drug-likeness (QED) is 0.177. The largest absolute Gasteiger partial charge is 0.456 e. The Kier molecular flexibility index (Phi) is 6.23. The van der Waals surface area contributed by atoms with Crippen molar-refractivity contribution in [2.75, 3.05) is 0 Å². The lowest BCUT2D eigenvalue weighted by Crippen LogP contribution is -2.43. The molecule has 2 heterocycles. The molecule has 0 amide bonds. The summed E-state index contributed by atoms with van der Waals surface area (Å²) in [6, 6.07) is 49.2. The normalized spacial score (nSPS) is 14.6. The van der Waals surface area contributed by atoms with E-state index in [0.717, 1.165) is 38.6 Å². The molecular weight excluding hydrogens is 623 g/mol. The van der Waals surface area contributed by atoms with Gasteiger partial charge in [-0.3, -0.25) is 0 Å². The van der Waals surface area contributed by atoms with Crippen molar-refractivity contribution in [1.82, 2.24) is 15.0 Å². The van der Waals surface area contributed by atoms with Gasteiger partial charge in [-0.25, -0.2) is 15.0 Å². The summed E-state index contributed by atoms with van der Waals surface area (Å²) >= 11 is 0. The van der Waals surface area contributed by atoms with E-state index in [4.69, 9.17) is 19.4 Å².